The Kier molecular flexibility index (Phi) is 3.05. The Morgan fingerprint density at radius 2 is 2.38 bits per heavy atom. The molecule has 0 unspecified atom stereocenters. The van der Waals surface area contributed by atoms with Gasteiger partial charge < -0.3 is 9.84 Å². The molecule has 0 spiro atoms. The number of hydrogen-bond acceptors (Lipinski definition) is 4. The zero-order valence-corrected chi connectivity index (χ0v) is 9.09. The highest BCUT2D eigenvalue weighted by Crippen LogP contribution is 2.18. The monoisotopic (exact) mass is 222 g/mol. The molecular weight excluding hydrogens is 208 g/mol. The Morgan fingerprint density at radius 1 is 1.62 bits per heavy atom. The van der Waals surface area contributed by atoms with Gasteiger partial charge in [0.2, 0.25) is 5.88 Å². The molecule has 1 aliphatic rings. The lowest BCUT2D eigenvalue weighted by molar-refractivity contribution is -0.147. The normalized spacial score (nSPS) is 16.8. The zero-order valence-electron chi connectivity index (χ0n) is 9.09. The highest BCUT2D eigenvalue weighted by molar-refractivity contribution is 5.71. The molecule has 1 aliphatic heterocycles. The molecule has 0 radical (unpaired) electrons. The molecule has 1 N–H and O–H groups in total. The molecule has 5 heteroatoms. The third-order valence-corrected chi connectivity index (χ3v) is 2.68. The van der Waals surface area contributed by atoms with Gasteiger partial charge in [-0.2, -0.15) is 0 Å². The summed E-state index contributed by atoms with van der Waals surface area (Å²) in [5.74, 6) is -0.340. The van der Waals surface area contributed by atoms with Crippen molar-refractivity contribution in [2.45, 2.75) is 6.54 Å². The topological polar surface area (TPSA) is 62.7 Å². The van der Waals surface area contributed by atoms with Crippen molar-refractivity contribution >= 4 is 5.97 Å². The predicted molar refractivity (Wildman–Crippen MR) is 57.2 cm³/mol. The van der Waals surface area contributed by atoms with Gasteiger partial charge in [0, 0.05) is 25.7 Å². The fraction of sp³-hybridized carbons (Fsp3) is 0.455. The molecule has 1 aromatic rings. The molecular formula is C11H14N2O3. The standard InChI is InChI=1S/C11H14N2O3/c1-16-10-4-2-3-9(12-10)7-13-5-8(6-13)11(14)15/h2-4,8H,5-7H2,1H3,(H,14,15). The summed E-state index contributed by atoms with van der Waals surface area (Å²) >= 11 is 0. The molecule has 1 fully saturated rings. The summed E-state index contributed by atoms with van der Waals surface area (Å²) in [6.07, 6.45) is 0. The minimum absolute atomic E-state index is 0.217. The summed E-state index contributed by atoms with van der Waals surface area (Å²) in [6.45, 7) is 1.89. The van der Waals surface area contributed by atoms with Crippen LogP contribution in [0.15, 0.2) is 18.2 Å². The second-order valence-electron chi connectivity index (χ2n) is 3.90. The molecule has 16 heavy (non-hydrogen) atoms. The van der Waals surface area contributed by atoms with Gasteiger partial charge in [-0.1, -0.05) is 6.07 Å². The number of nitrogens with zero attached hydrogens (tertiary/aromatic N) is 2. The van der Waals surface area contributed by atoms with Gasteiger partial charge in [0.25, 0.3) is 0 Å². The third-order valence-electron chi connectivity index (χ3n) is 2.68. The number of aromatic nitrogens is 1. The molecule has 1 aromatic heterocycles. The molecule has 1 saturated heterocycles. The number of aliphatic carboxylic acids is 1. The van der Waals surface area contributed by atoms with Gasteiger partial charge in [-0.25, -0.2) is 4.98 Å². The minimum atomic E-state index is -0.713. The van der Waals surface area contributed by atoms with E-state index in [2.05, 4.69) is 9.88 Å². The van der Waals surface area contributed by atoms with E-state index in [-0.39, 0.29) is 5.92 Å². The first-order valence-corrected chi connectivity index (χ1v) is 5.14. The van der Waals surface area contributed by atoms with Crippen LogP contribution in [0.2, 0.25) is 0 Å². The van der Waals surface area contributed by atoms with Crippen LogP contribution < -0.4 is 4.74 Å². The van der Waals surface area contributed by atoms with Gasteiger partial charge in [-0.05, 0) is 6.07 Å². The van der Waals surface area contributed by atoms with Crippen molar-refractivity contribution in [3.05, 3.63) is 23.9 Å². The average molecular weight is 222 g/mol. The largest absolute Gasteiger partial charge is 0.481 e. The third kappa shape index (κ3) is 2.30. The predicted octanol–water partition coefficient (Wildman–Crippen LogP) is 0.607. The van der Waals surface area contributed by atoms with E-state index in [1.54, 1.807) is 13.2 Å². The maximum Gasteiger partial charge on any atom is 0.309 e. The van der Waals surface area contributed by atoms with E-state index in [0.29, 0.717) is 25.5 Å². The lowest BCUT2D eigenvalue weighted by atomic mass is 10.0. The fourth-order valence-electron chi connectivity index (χ4n) is 1.74. The lowest BCUT2D eigenvalue weighted by Gasteiger charge is -2.36. The Hall–Kier alpha value is -1.62. The van der Waals surface area contributed by atoms with Crippen LogP contribution in [0.25, 0.3) is 0 Å². The smallest absolute Gasteiger partial charge is 0.309 e. The second kappa shape index (κ2) is 4.49. The van der Waals surface area contributed by atoms with E-state index in [1.165, 1.54) is 0 Å². The van der Waals surface area contributed by atoms with Crippen molar-refractivity contribution in [3.63, 3.8) is 0 Å². The molecule has 2 heterocycles. The maximum absolute atomic E-state index is 10.6. The van der Waals surface area contributed by atoms with E-state index >= 15 is 0 Å². The molecule has 0 saturated carbocycles. The van der Waals surface area contributed by atoms with Crippen LogP contribution in [-0.4, -0.2) is 41.2 Å². The first-order valence-electron chi connectivity index (χ1n) is 5.14. The van der Waals surface area contributed by atoms with Gasteiger partial charge in [0.1, 0.15) is 0 Å². The number of ether oxygens (including phenoxy) is 1. The summed E-state index contributed by atoms with van der Waals surface area (Å²) in [4.78, 5) is 16.9. The molecule has 86 valence electrons. The Morgan fingerprint density at radius 3 is 3.00 bits per heavy atom. The van der Waals surface area contributed by atoms with Crippen molar-refractivity contribution in [1.82, 2.24) is 9.88 Å². The summed E-state index contributed by atoms with van der Waals surface area (Å²) < 4.78 is 5.02. The Labute approximate surface area is 93.7 Å². The van der Waals surface area contributed by atoms with Gasteiger partial charge in [-0.15, -0.1) is 0 Å². The SMILES string of the molecule is COc1cccc(CN2CC(C(=O)O)C2)n1. The average Bonchev–Trinajstić information content (AvgIpc) is 2.22. The van der Waals surface area contributed by atoms with Crippen molar-refractivity contribution in [3.8, 4) is 5.88 Å². The molecule has 0 bridgehead atoms. The van der Waals surface area contributed by atoms with E-state index in [9.17, 15) is 4.79 Å². The van der Waals surface area contributed by atoms with E-state index in [4.69, 9.17) is 9.84 Å². The molecule has 2 rings (SSSR count). The van der Waals surface area contributed by atoms with Crippen molar-refractivity contribution in [2.24, 2.45) is 5.92 Å². The van der Waals surface area contributed by atoms with Gasteiger partial charge in [0.15, 0.2) is 0 Å². The van der Waals surface area contributed by atoms with Gasteiger partial charge in [-0.3, -0.25) is 9.69 Å². The molecule has 5 nitrogen and oxygen atoms in total. The van der Waals surface area contributed by atoms with Crippen molar-refractivity contribution in [1.29, 1.82) is 0 Å². The van der Waals surface area contributed by atoms with Crippen LogP contribution in [0.5, 0.6) is 5.88 Å². The van der Waals surface area contributed by atoms with Gasteiger partial charge >= 0.3 is 5.97 Å². The number of carboxylic acid groups (broad SMARTS) is 1. The van der Waals surface area contributed by atoms with Crippen LogP contribution in [0.1, 0.15) is 5.69 Å². The van der Waals surface area contributed by atoms with Crippen molar-refractivity contribution in [2.75, 3.05) is 20.2 Å². The van der Waals surface area contributed by atoms with Crippen molar-refractivity contribution < 1.29 is 14.6 Å². The number of hydrogen-bond donors (Lipinski definition) is 1. The minimum Gasteiger partial charge on any atom is -0.481 e. The lowest BCUT2D eigenvalue weighted by Crippen LogP contribution is -2.49. The molecule has 0 atom stereocenters. The first-order chi connectivity index (χ1) is 7.69. The summed E-state index contributed by atoms with van der Waals surface area (Å²) in [7, 11) is 1.58. The number of carboxylic acids is 1. The van der Waals surface area contributed by atoms with E-state index < -0.39 is 5.97 Å². The number of pyridine rings is 1. The summed E-state index contributed by atoms with van der Waals surface area (Å²) in [5.41, 5.74) is 0.906. The quantitative estimate of drug-likeness (QED) is 0.808. The Balaban J connectivity index is 1.89. The van der Waals surface area contributed by atoms with E-state index in [1.807, 2.05) is 12.1 Å². The van der Waals surface area contributed by atoms with Crippen LogP contribution >= 0.6 is 0 Å². The summed E-state index contributed by atoms with van der Waals surface area (Å²) in [5, 5.41) is 8.74. The highest BCUT2D eigenvalue weighted by atomic mass is 16.5. The molecule has 0 aromatic carbocycles. The maximum atomic E-state index is 10.6. The Bertz CT molecular complexity index is 389. The van der Waals surface area contributed by atoms with Crippen LogP contribution in [0.4, 0.5) is 0 Å². The van der Waals surface area contributed by atoms with Gasteiger partial charge in [0.05, 0.1) is 18.7 Å². The van der Waals surface area contributed by atoms with Crippen LogP contribution in [0.3, 0.4) is 0 Å². The number of carbonyl (C=O) groups is 1. The van der Waals surface area contributed by atoms with Crippen LogP contribution in [-0.2, 0) is 11.3 Å². The first kappa shape index (κ1) is 10.9. The molecule has 0 aliphatic carbocycles. The fourth-order valence-corrected chi connectivity index (χ4v) is 1.74. The molecule has 0 amide bonds. The number of likely N-dealkylation sites (tertiary alicyclic amines) is 1. The summed E-state index contributed by atoms with van der Waals surface area (Å²) in [6, 6.07) is 5.59. The highest BCUT2D eigenvalue weighted by Gasteiger charge is 2.32. The van der Waals surface area contributed by atoms with Crippen LogP contribution in [0, 0.1) is 5.92 Å². The van der Waals surface area contributed by atoms with E-state index in [0.717, 1.165) is 5.69 Å². The number of methoxy groups -OCH3 is 1. The number of rotatable bonds is 4. The second-order valence-corrected chi connectivity index (χ2v) is 3.90. The zero-order chi connectivity index (χ0) is 11.5.